The summed E-state index contributed by atoms with van der Waals surface area (Å²) in [6.45, 7) is 5.19. The molecule has 0 radical (unpaired) electrons. The standard InChI is InChI=1S/C24H33N3O2/c1-29-20-24(12-14-25-15-13-24)19-26-23(28)18-27(16-21-8-4-2-5-9-21)17-22-10-6-3-7-11-22/h2-11,25H,12-20H2,1H3,(H,26,28). The third kappa shape index (κ3) is 6.96. The lowest BCUT2D eigenvalue weighted by Gasteiger charge is -2.37. The first-order valence-corrected chi connectivity index (χ1v) is 10.5. The zero-order valence-electron chi connectivity index (χ0n) is 17.4. The molecule has 0 aromatic heterocycles. The van der Waals surface area contributed by atoms with Crippen LogP contribution in [0.1, 0.15) is 24.0 Å². The summed E-state index contributed by atoms with van der Waals surface area (Å²) in [4.78, 5) is 15.0. The third-order valence-corrected chi connectivity index (χ3v) is 5.64. The molecule has 29 heavy (non-hydrogen) atoms. The number of nitrogens with one attached hydrogen (secondary N) is 2. The van der Waals surface area contributed by atoms with Crippen LogP contribution in [-0.4, -0.2) is 50.7 Å². The van der Waals surface area contributed by atoms with Gasteiger partial charge in [0.25, 0.3) is 0 Å². The van der Waals surface area contributed by atoms with Gasteiger partial charge < -0.3 is 15.4 Å². The number of carbonyl (C=O) groups excluding carboxylic acids is 1. The minimum absolute atomic E-state index is 0.0410. The van der Waals surface area contributed by atoms with Gasteiger partial charge in [-0.05, 0) is 37.1 Å². The Bertz CT molecular complexity index is 683. The van der Waals surface area contributed by atoms with Gasteiger partial charge in [0.05, 0.1) is 13.2 Å². The van der Waals surface area contributed by atoms with Crippen molar-refractivity contribution in [3.05, 3.63) is 71.8 Å². The first kappa shape index (κ1) is 21.5. The van der Waals surface area contributed by atoms with E-state index >= 15 is 0 Å². The number of ether oxygens (including phenoxy) is 1. The smallest absolute Gasteiger partial charge is 0.234 e. The zero-order chi connectivity index (χ0) is 20.4. The molecule has 1 amide bonds. The van der Waals surface area contributed by atoms with E-state index in [0.29, 0.717) is 19.7 Å². The molecule has 1 saturated heterocycles. The Morgan fingerprint density at radius 2 is 1.55 bits per heavy atom. The van der Waals surface area contributed by atoms with Crippen molar-refractivity contribution < 1.29 is 9.53 Å². The summed E-state index contributed by atoms with van der Waals surface area (Å²) in [7, 11) is 1.74. The largest absolute Gasteiger partial charge is 0.384 e. The number of piperidine rings is 1. The summed E-state index contributed by atoms with van der Waals surface area (Å²) in [5, 5.41) is 6.59. The highest BCUT2D eigenvalue weighted by Crippen LogP contribution is 2.28. The van der Waals surface area contributed by atoms with Crippen molar-refractivity contribution in [1.29, 1.82) is 0 Å². The zero-order valence-corrected chi connectivity index (χ0v) is 17.4. The van der Waals surface area contributed by atoms with Crippen LogP contribution < -0.4 is 10.6 Å². The van der Waals surface area contributed by atoms with Crippen molar-refractivity contribution in [2.24, 2.45) is 5.41 Å². The molecule has 0 bridgehead atoms. The number of rotatable bonds is 10. The minimum Gasteiger partial charge on any atom is -0.384 e. The van der Waals surface area contributed by atoms with E-state index in [2.05, 4.69) is 39.8 Å². The normalized spacial score (nSPS) is 15.9. The molecule has 0 unspecified atom stereocenters. The first-order valence-electron chi connectivity index (χ1n) is 10.5. The molecule has 156 valence electrons. The van der Waals surface area contributed by atoms with Gasteiger partial charge in [0.15, 0.2) is 0 Å². The molecule has 0 saturated carbocycles. The van der Waals surface area contributed by atoms with Gasteiger partial charge in [0.2, 0.25) is 5.91 Å². The second kappa shape index (κ2) is 11.1. The molecule has 2 N–H and O–H groups in total. The Balaban J connectivity index is 1.60. The van der Waals surface area contributed by atoms with Gasteiger partial charge in [-0.15, -0.1) is 0 Å². The van der Waals surface area contributed by atoms with Crippen LogP contribution in [0.4, 0.5) is 0 Å². The van der Waals surface area contributed by atoms with Crippen LogP contribution in [0.3, 0.4) is 0 Å². The lowest BCUT2D eigenvalue weighted by atomic mass is 9.79. The maximum Gasteiger partial charge on any atom is 0.234 e. The van der Waals surface area contributed by atoms with E-state index in [0.717, 1.165) is 39.0 Å². The van der Waals surface area contributed by atoms with Crippen molar-refractivity contribution in [1.82, 2.24) is 15.5 Å². The van der Waals surface area contributed by atoms with E-state index < -0.39 is 0 Å². The average molecular weight is 396 g/mol. The van der Waals surface area contributed by atoms with Gasteiger partial charge in [-0.3, -0.25) is 9.69 Å². The van der Waals surface area contributed by atoms with E-state index in [9.17, 15) is 4.79 Å². The maximum absolute atomic E-state index is 12.8. The number of amides is 1. The SMILES string of the molecule is COCC1(CNC(=O)CN(Cc2ccccc2)Cc2ccccc2)CCNCC1. The number of hydrogen-bond donors (Lipinski definition) is 2. The Morgan fingerprint density at radius 1 is 1.00 bits per heavy atom. The quantitative estimate of drug-likeness (QED) is 0.650. The molecular formula is C24H33N3O2. The molecule has 1 heterocycles. The molecule has 5 heteroatoms. The maximum atomic E-state index is 12.8. The summed E-state index contributed by atoms with van der Waals surface area (Å²) in [6, 6.07) is 20.7. The molecule has 1 aliphatic rings. The molecule has 1 aliphatic heterocycles. The molecule has 2 aromatic carbocycles. The molecular weight excluding hydrogens is 362 g/mol. The van der Waals surface area contributed by atoms with Crippen molar-refractivity contribution in [2.75, 3.05) is 39.9 Å². The highest BCUT2D eigenvalue weighted by atomic mass is 16.5. The Morgan fingerprint density at radius 3 is 2.07 bits per heavy atom. The van der Waals surface area contributed by atoms with Gasteiger partial charge in [-0.1, -0.05) is 60.7 Å². The van der Waals surface area contributed by atoms with Crippen LogP contribution in [0.5, 0.6) is 0 Å². The van der Waals surface area contributed by atoms with E-state index in [1.807, 2.05) is 36.4 Å². The van der Waals surface area contributed by atoms with Crippen LogP contribution in [0.2, 0.25) is 0 Å². The number of methoxy groups -OCH3 is 1. The van der Waals surface area contributed by atoms with Crippen LogP contribution in [0.15, 0.2) is 60.7 Å². The molecule has 1 fully saturated rings. The van der Waals surface area contributed by atoms with E-state index in [4.69, 9.17) is 4.74 Å². The molecule has 0 atom stereocenters. The second-order valence-electron chi connectivity index (χ2n) is 8.08. The fourth-order valence-corrected chi connectivity index (χ4v) is 4.03. The predicted molar refractivity (Wildman–Crippen MR) is 116 cm³/mol. The predicted octanol–water partition coefficient (Wildman–Crippen LogP) is 2.82. The minimum atomic E-state index is 0.0410. The van der Waals surface area contributed by atoms with Crippen molar-refractivity contribution in [2.45, 2.75) is 25.9 Å². The van der Waals surface area contributed by atoms with Gasteiger partial charge >= 0.3 is 0 Å². The molecule has 5 nitrogen and oxygen atoms in total. The fourth-order valence-electron chi connectivity index (χ4n) is 4.03. The van der Waals surface area contributed by atoms with Gasteiger partial charge in [-0.2, -0.15) is 0 Å². The summed E-state index contributed by atoms with van der Waals surface area (Å²) in [5.74, 6) is 0.0749. The molecule has 2 aromatic rings. The van der Waals surface area contributed by atoms with Gasteiger partial charge in [0.1, 0.15) is 0 Å². The van der Waals surface area contributed by atoms with Crippen LogP contribution in [-0.2, 0) is 22.6 Å². The van der Waals surface area contributed by atoms with Crippen molar-refractivity contribution in [3.8, 4) is 0 Å². The number of benzene rings is 2. The number of nitrogens with zero attached hydrogens (tertiary/aromatic N) is 1. The summed E-state index contributed by atoms with van der Waals surface area (Å²) in [6.07, 6.45) is 2.05. The highest BCUT2D eigenvalue weighted by molar-refractivity contribution is 5.78. The van der Waals surface area contributed by atoms with Crippen LogP contribution in [0, 0.1) is 5.41 Å². The van der Waals surface area contributed by atoms with E-state index in [1.54, 1.807) is 7.11 Å². The molecule has 0 aliphatic carbocycles. The van der Waals surface area contributed by atoms with Crippen molar-refractivity contribution >= 4 is 5.91 Å². The van der Waals surface area contributed by atoms with Crippen molar-refractivity contribution in [3.63, 3.8) is 0 Å². The number of carbonyl (C=O) groups is 1. The summed E-state index contributed by atoms with van der Waals surface area (Å²) < 4.78 is 5.47. The van der Waals surface area contributed by atoms with E-state index in [-0.39, 0.29) is 11.3 Å². The highest BCUT2D eigenvalue weighted by Gasteiger charge is 2.32. The summed E-state index contributed by atoms with van der Waals surface area (Å²) >= 11 is 0. The topological polar surface area (TPSA) is 53.6 Å². The fraction of sp³-hybridized carbons (Fsp3) is 0.458. The number of hydrogen-bond acceptors (Lipinski definition) is 4. The van der Waals surface area contributed by atoms with Gasteiger partial charge in [0, 0.05) is 32.2 Å². The van der Waals surface area contributed by atoms with E-state index in [1.165, 1.54) is 11.1 Å². The van der Waals surface area contributed by atoms with Gasteiger partial charge in [-0.25, -0.2) is 0 Å². The average Bonchev–Trinajstić information content (AvgIpc) is 2.75. The summed E-state index contributed by atoms with van der Waals surface area (Å²) in [5.41, 5.74) is 2.47. The third-order valence-electron chi connectivity index (χ3n) is 5.64. The Hall–Kier alpha value is -2.21. The molecule has 0 spiro atoms. The monoisotopic (exact) mass is 395 g/mol. The van der Waals surface area contributed by atoms with Crippen LogP contribution in [0.25, 0.3) is 0 Å². The first-order chi connectivity index (χ1) is 14.2. The molecule has 3 rings (SSSR count). The Labute approximate surface area is 174 Å². The van der Waals surface area contributed by atoms with Crippen LogP contribution >= 0.6 is 0 Å². The lowest BCUT2D eigenvalue weighted by molar-refractivity contribution is -0.123. The Kier molecular flexibility index (Phi) is 8.23. The lowest BCUT2D eigenvalue weighted by Crippen LogP contribution is -2.48. The second-order valence-corrected chi connectivity index (χ2v) is 8.08.